The summed E-state index contributed by atoms with van der Waals surface area (Å²) in [6.45, 7) is 8.99. The van der Waals surface area contributed by atoms with Crippen molar-refractivity contribution >= 4 is 20.2 Å². The topological polar surface area (TPSA) is 123 Å². The molecule has 1 N–H and O–H groups in total. The highest BCUT2D eigenvalue weighted by atomic mass is 32.2. The lowest BCUT2D eigenvalue weighted by Gasteiger charge is -2.07. The molecule has 0 unspecified atom stereocenters. The third kappa shape index (κ3) is 12.2. The van der Waals surface area contributed by atoms with E-state index in [1.165, 1.54) is 5.56 Å². The van der Waals surface area contributed by atoms with Crippen LogP contribution in [0.4, 0.5) is 0 Å². The molecule has 0 aliphatic carbocycles. The van der Waals surface area contributed by atoms with E-state index in [0.717, 1.165) is 11.5 Å². The van der Waals surface area contributed by atoms with Gasteiger partial charge in [-0.2, -0.15) is 8.42 Å². The van der Waals surface area contributed by atoms with Crippen LogP contribution in [0.2, 0.25) is 0 Å². The van der Waals surface area contributed by atoms with Gasteiger partial charge < -0.3 is 4.55 Å². The maximum Gasteiger partial charge on any atom is 0.326 e. The van der Waals surface area contributed by atoms with E-state index in [0.29, 0.717) is 0 Å². The molecule has 120 valence electrons. The Balaban J connectivity index is 0.000000394. The van der Waals surface area contributed by atoms with Gasteiger partial charge in [0.1, 0.15) is 0 Å². The molecule has 1 rings (SSSR count). The van der Waals surface area contributed by atoms with Crippen molar-refractivity contribution in [3.63, 3.8) is 0 Å². The summed E-state index contributed by atoms with van der Waals surface area (Å²) < 4.78 is 63.8. The molecular weight excluding hydrogens is 320 g/mol. The van der Waals surface area contributed by atoms with Crippen molar-refractivity contribution < 1.29 is 30.4 Å². The summed E-state index contributed by atoms with van der Waals surface area (Å²) in [5, 5.41) is 0. The number of aryl methyl sites for hydroxylation is 3. The Morgan fingerprint density at radius 2 is 1.57 bits per heavy atom. The maximum absolute atomic E-state index is 10.1. The minimum atomic E-state index is -4.52. The molecule has 0 saturated heterocycles. The van der Waals surface area contributed by atoms with E-state index < -0.39 is 31.7 Å². The second-order valence-electron chi connectivity index (χ2n) is 4.53. The minimum absolute atomic E-state index is 0.354. The zero-order valence-corrected chi connectivity index (χ0v) is 13.6. The van der Waals surface area contributed by atoms with Gasteiger partial charge in [0.25, 0.3) is 10.1 Å². The van der Waals surface area contributed by atoms with Crippen LogP contribution in [0.15, 0.2) is 28.7 Å². The lowest BCUT2D eigenvalue weighted by molar-refractivity contribution is 0.465. The average Bonchev–Trinajstić information content (AvgIpc) is 2.07. The normalized spacial score (nSPS) is 11.5. The summed E-state index contributed by atoms with van der Waals surface area (Å²) >= 11 is 0. The fourth-order valence-electron chi connectivity index (χ4n) is 1.55. The largest absolute Gasteiger partial charge is 0.748 e. The fraction of sp³-hybridized carbons (Fsp3) is 0.417. The van der Waals surface area contributed by atoms with Crippen LogP contribution in [-0.4, -0.2) is 37.4 Å². The Bertz CT molecular complexity index is 617. The number of hydrogen-bond acceptors (Lipinski definition) is 5. The van der Waals surface area contributed by atoms with Gasteiger partial charge in [-0.25, -0.2) is 12.8 Å². The maximum atomic E-state index is 10.1. The van der Waals surface area contributed by atoms with Crippen LogP contribution < -0.4 is 0 Å². The molecule has 0 spiro atoms. The van der Waals surface area contributed by atoms with E-state index >= 15 is 0 Å². The lowest BCUT2D eigenvalue weighted by Crippen LogP contribution is -2.14. The zero-order chi connectivity index (χ0) is 16.8. The minimum Gasteiger partial charge on any atom is -0.748 e. The van der Waals surface area contributed by atoms with Gasteiger partial charge >= 0.3 is 11.5 Å². The monoisotopic (exact) mass is 338 g/mol. The van der Waals surface area contributed by atoms with E-state index in [9.17, 15) is 21.4 Å². The molecule has 0 amide bonds. The van der Waals surface area contributed by atoms with Crippen LogP contribution in [0.25, 0.3) is 0 Å². The van der Waals surface area contributed by atoms with E-state index in [1.807, 2.05) is 26.0 Å². The predicted octanol–water partition coefficient (Wildman–Crippen LogP) is 1.46. The van der Waals surface area contributed by atoms with Crippen molar-refractivity contribution in [2.75, 3.05) is 11.5 Å². The van der Waals surface area contributed by atoms with E-state index in [2.05, 4.69) is 13.5 Å². The quantitative estimate of drug-likeness (QED) is 0.501. The molecule has 0 fully saturated rings. The van der Waals surface area contributed by atoms with Gasteiger partial charge in [-0.3, -0.25) is 4.55 Å². The smallest absolute Gasteiger partial charge is 0.326 e. The second kappa shape index (κ2) is 7.64. The summed E-state index contributed by atoms with van der Waals surface area (Å²) in [6.07, 6.45) is 0. The Kier molecular flexibility index (Phi) is 7.17. The lowest BCUT2D eigenvalue weighted by atomic mass is 10.2. The Hall–Kier alpha value is -1.29. The van der Waals surface area contributed by atoms with Crippen LogP contribution in [0.5, 0.6) is 0 Å². The van der Waals surface area contributed by atoms with Crippen molar-refractivity contribution in [2.45, 2.75) is 20.8 Å². The standard InChI is InChI=1S/C8H11O.C4H8O6S2/c1-6-4-7(2)9-8(3)5-6;1-4(2-11(5,6)7)3-12(8,9)10/h4-5H,1-3H3;1-3H2,(H,5,6,7)(H,8,9,10)/q+1;/p-1. The first-order valence-corrected chi connectivity index (χ1v) is 8.90. The van der Waals surface area contributed by atoms with E-state index in [-0.39, 0.29) is 5.57 Å². The molecule has 0 saturated carbocycles. The predicted molar refractivity (Wildman–Crippen MR) is 77.4 cm³/mol. The average molecular weight is 338 g/mol. The molecule has 0 aliphatic rings. The van der Waals surface area contributed by atoms with Crippen LogP contribution >= 0.6 is 0 Å². The summed E-state index contributed by atoms with van der Waals surface area (Å²) in [5.41, 5.74) is 0.906. The molecule has 0 bridgehead atoms. The second-order valence-corrected chi connectivity index (χ2v) is 7.39. The molecule has 9 heteroatoms. The molecule has 0 aromatic carbocycles. The SMILES string of the molecule is C=C(CS(=O)(=O)[O-])CS(=O)(=O)O.Cc1cc(C)[o+]c(C)c1. The van der Waals surface area contributed by atoms with Gasteiger partial charge in [-0.1, -0.05) is 6.58 Å². The van der Waals surface area contributed by atoms with Crippen LogP contribution in [0.1, 0.15) is 17.1 Å². The molecule has 1 heterocycles. The highest BCUT2D eigenvalue weighted by Gasteiger charge is 2.09. The van der Waals surface area contributed by atoms with Gasteiger partial charge in [0, 0.05) is 12.1 Å². The Morgan fingerprint density at radius 3 is 1.86 bits per heavy atom. The molecule has 7 nitrogen and oxygen atoms in total. The highest BCUT2D eigenvalue weighted by molar-refractivity contribution is 7.87. The summed E-state index contributed by atoms with van der Waals surface area (Å²) in [5.74, 6) is 0.0707. The van der Waals surface area contributed by atoms with Gasteiger partial charge in [0.2, 0.25) is 0 Å². The van der Waals surface area contributed by atoms with Crippen LogP contribution in [-0.2, 0) is 20.2 Å². The molecule has 21 heavy (non-hydrogen) atoms. The molecule has 0 radical (unpaired) electrons. The Labute approximate surface area is 124 Å². The summed E-state index contributed by atoms with van der Waals surface area (Å²) in [6, 6.07) is 4.04. The van der Waals surface area contributed by atoms with Gasteiger partial charge in [0.05, 0.1) is 35.5 Å². The number of hydrogen-bond donors (Lipinski definition) is 1. The molecule has 1 aromatic rings. The molecule has 1 aromatic heterocycles. The number of rotatable bonds is 4. The van der Waals surface area contributed by atoms with Crippen molar-refractivity contribution in [3.8, 4) is 0 Å². The summed E-state index contributed by atoms with van der Waals surface area (Å²) in [7, 11) is -8.82. The Morgan fingerprint density at radius 1 is 1.14 bits per heavy atom. The first-order chi connectivity index (χ1) is 9.28. The highest BCUT2D eigenvalue weighted by Crippen LogP contribution is 2.06. The van der Waals surface area contributed by atoms with Crippen molar-refractivity contribution in [1.82, 2.24) is 0 Å². The summed E-state index contributed by atoms with van der Waals surface area (Å²) in [4.78, 5) is 0. The molecular formula is C12H18O7S2. The molecule has 0 aliphatic heterocycles. The zero-order valence-electron chi connectivity index (χ0n) is 12.0. The van der Waals surface area contributed by atoms with Gasteiger partial charge in [-0.05, 0) is 18.1 Å². The first kappa shape index (κ1) is 19.7. The van der Waals surface area contributed by atoms with Crippen molar-refractivity contribution in [1.29, 1.82) is 0 Å². The van der Waals surface area contributed by atoms with E-state index in [4.69, 9.17) is 8.97 Å². The molecule has 0 atom stereocenters. The van der Waals surface area contributed by atoms with Crippen LogP contribution in [0, 0.1) is 20.8 Å². The first-order valence-electron chi connectivity index (χ1n) is 5.72. The van der Waals surface area contributed by atoms with E-state index in [1.54, 1.807) is 0 Å². The third-order valence-electron chi connectivity index (χ3n) is 1.95. The fourth-order valence-corrected chi connectivity index (χ4v) is 2.89. The van der Waals surface area contributed by atoms with Crippen LogP contribution in [0.3, 0.4) is 0 Å². The van der Waals surface area contributed by atoms with Crippen molar-refractivity contribution in [3.05, 3.63) is 41.4 Å². The van der Waals surface area contributed by atoms with Crippen molar-refractivity contribution in [2.24, 2.45) is 0 Å². The van der Waals surface area contributed by atoms with Gasteiger partial charge in [0.15, 0.2) is 0 Å². The van der Waals surface area contributed by atoms with Gasteiger partial charge in [-0.15, -0.1) is 0 Å². The third-order valence-corrected chi connectivity index (χ3v) is 3.49.